The summed E-state index contributed by atoms with van der Waals surface area (Å²) in [6.07, 6.45) is 0.878. The Balaban J connectivity index is 1.38. The number of piperazine rings is 1. The molecule has 0 aromatic carbocycles. The Labute approximate surface area is 164 Å². The Kier molecular flexibility index (Phi) is 7.17. The highest BCUT2D eigenvalue weighted by Gasteiger charge is 2.24. The average molecular weight is 396 g/mol. The number of morpholine rings is 1. The number of nitrogens with zero attached hydrogens (tertiary/aromatic N) is 4. The van der Waals surface area contributed by atoms with Gasteiger partial charge in [-0.15, -0.1) is 11.3 Å². The molecule has 0 bridgehead atoms. The topological polar surface area (TPSA) is 78.0 Å². The van der Waals surface area contributed by atoms with Gasteiger partial charge in [0.05, 0.1) is 32.0 Å². The molecule has 9 heteroatoms. The number of thiazole rings is 1. The second kappa shape index (κ2) is 9.59. The third-order valence-electron chi connectivity index (χ3n) is 5.03. The maximum Gasteiger partial charge on any atom is 0.240 e. The lowest BCUT2D eigenvalue weighted by Gasteiger charge is -2.35. The number of aryl methyl sites for hydroxylation is 2. The van der Waals surface area contributed by atoms with Gasteiger partial charge in [-0.25, -0.2) is 4.98 Å². The van der Waals surface area contributed by atoms with Gasteiger partial charge in [-0.05, 0) is 13.3 Å². The zero-order chi connectivity index (χ0) is 19.2. The number of carbonyl (C=O) groups excluding carboxylic acids is 2. The highest BCUT2D eigenvalue weighted by atomic mass is 32.1. The second-order valence-electron chi connectivity index (χ2n) is 6.97. The van der Waals surface area contributed by atoms with Crippen LogP contribution in [0.2, 0.25) is 0 Å². The number of hydrogen-bond donors (Lipinski definition) is 1. The number of anilines is 1. The van der Waals surface area contributed by atoms with Gasteiger partial charge in [0.15, 0.2) is 5.13 Å². The van der Waals surface area contributed by atoms with Crippen molar-refractivity contribution in [3.05, 3.63) is 10.6 Å². The number of ether oxygens (including phenoxy) is 1. The van der Waals surface area contributed by atoms with Gasteiger partial charge >= 0.3 is 0 Å². The minimum atomic E-state index is -0.0238. The van der Waals surface area contributed by atoms with Crippen molar-refractivity contribution in [3.63, 3.8) is 0 Å². The lowest BCUT2D eigenvalue weighted by atomic mass is 10.3. The standard InChI is InChI=1S/C18H29N5O3S/c1-3-15-14(2)27-18(19-15)20-16(24)12-21-4-6-22(7-5-21)13-17(25)23-8-10-26-11-9-23/h3-13H2,1-2H3,(H,19,20,24). The maximum absolute atomic E-state index is 12.3. The molecule has 27 heavy (non-hydrogen) atoms. The third-order valence-corrected chi connectivity index (χ3v) is 5.96. The van der Waals surface area contributed by atoms with Gasteiger partial charge < -0.3 is 15.0 Å². The van der Waals surface area contributed by atoms with E-state index in [-0.39, 0.29) is 11.8 Å². The fraction of sp³-hybridized carbons (Fsp3) is 0.722. The molecular formula is C18H29N5O3S. The molecule has 2 aliphatic heterocycles. The first-order valence-electron chi connectivity index (χ1n) is 9.61. The lowest BCUT2D eigenvalue weighted by Crippen LogP contribution is -2.52. The van der Waals surface area contributed by atoms with E-state index in [1.165, 1.54) is 11.3 Å². The fourth-order valence-corrected chi connectivity index (χ4v) is 4.30. The van der Waals surface area contributed by atoms with Gasteiger partial charge in [-0.2, -0.15) is 0 Å². The zero-order valence-corrected chi connectivity index (χ0v) is 17.0. The van der Waals surface area contributed by atoms with E-state index in [1.807, 2.05) is 11.8 Å². The van der Waals surface area contributed by atoms with E-state index in [1.54, 1.807) is 0 Å². The molecule has 2 fully saturated rings. The molecule has 0 unspecified atom stereocenters. The van der Waals surface area contributed by atoms with E-state index < -0.39 is 0 Å². The van der Waals surface area contributed by atoms with Gasteiger partial charge in [-0.3, -0.25) is 19.4 Å². The van der Waals surface area contributed by atoms with Crippen molar-refractivity contribution in [3.8, 4) is 0 Å². The van der Waals surface area contributed by atoms with Crippen molar-refractivity contribution < 1.29 is 14.3 Å². The Morgan fingerprint density at radius 2 is 1.70 bits per heavy atom. The number of nitrogens with one attached hydrogen (secondary N) is 1. The Morgan fingerprint density at radius 1 is 1.07 bits per heavy atom. The summed E-state index contributed by atoms with van der Waals surface area (Å²) >= 11 is 1.53. The van der Waals surface area contributed by atoms with Crippen LogP contribution in [0.1, 0.15) is 17.5 Å². The number of amides is 2. The molecular weight excluding hydrogens is 366 g/mol. The van der Waals surface area contributed by atoms with Crippen LogP contribution in [0.5, 0.6) is 0 Å². The van der Waals surface area contributed by atoms with Gasteiger partial charge in [0.25, 0.3) is 0 Å². The Bertz CT molecular complexity index is 651. The molecule has 2 aliphatic rings. The molecule has 3 rings (SSSR count). The van der Waals surface area contributed by atoms with Crippen LogP contribution in [0.25, 0.3) is 0 Å². The summed E-state index contributed by atoms with van der Waals surface area (Å²) in [4.78, 5) is 36.4. The van der Waals surface area contributed by atoms with E-state index in [2.05, 4.69) is 27.0 Å². The van der Waals surface area contributed by atoms with Gasteiger partial charge in [0.1, 0.15) is 0 Å². The molecule has 2 saturated heterocycles. The fourth-order valence-electron chi connectivity index (χ4n) is 3.38. The monoisotopic (exact) mass is 395 g/mol. The van der Waals surface area contributed by atoms with Crippen molar-refractivity contribution in [1.82, 2.24) is 19.7 Å². The average Bonchev–Trinajstić information content (AvgIpc) is 3.03. The summed E-state index contributed by atoms with van der Waals surface area (Å²) in [5, 5.41) is 3.60. The number of hydrogen-bond acceptors (Lipinski definition) is 7. The summed E-state index contributed by atoms with van der Waals surface area (Å²) in [6, 6.07) is 0. The minimum absolute atomic E-state index is 0.0238. The largest absolute Gasteiger partial charge is 0.378 e. The van der Waals surface area contributed by atoms with Crippen molar-refractivity contribution in [2.75, 3.05) is 70.9 Å². The first kappa shape index (κ1) is 20.2. The zero-order valence-electron chi connectivity index (χ0n) is 16.2. The molecule has 0 aliphatic carbocycles. The summed E-state index contributed by atoms with van der Waals surface area (Å²) in [5.41, 5.74) is 1.05. The minimum Gasteiger partial charge on any atom is -0.378 e. The molecule has 1 N–H and O–H groups in total. The SMILES string of the molecule is CCc1nc(NC(=O)CN2CCN(CC(=O)N3CCOCC3)CC2)sc1C. The molecule has 0 atom stereocenters. The van der Waals surface area contributed by atoms with E-state index in [4.69, 9.17) is 4.74 Å². The van der Waals surface area contributed by atoms with Gasteiger partial charge in [-0.1, -0.05) is 6.92 Å². The summed E-state index contributed by atoms with van der Waals surface area (Å²) in [6.45, 7) is 10.8. The number of carbonyl (C=O) groups is 2. The van der Waals surface area contributed by atoms with E-state index >= 15 is 0 Å². The molecule has 8 nitrogen and oxygen atoms in total. The third kappa shape index (κ3) is 5.71. The van der Waals surface area contributed by atoms with E-state index in [0.29, 0.717) is 44.5 Å². The van der Waals surface area contributed by atoms with Crippen LogP contribution < -0.4 is 5.32 Å². The number of rotatable bonds is 6. The second-order valence-corrected chi connectivity index (χ2v) is 8.17. The maximum atomic E-state index is 12.3. The van der Waals surface area contributed by atoms with Crippen molar-refractivity contribution >= 4 is 28.3 Å². The first-order chi connectivity index (χ1) is 13.0. The molecule has 2 amide bonds. The number of aromatic nitrogens is 1. The summed E-state index contributed by atoms with van der Waals surface area (Å²) in [7, 11) is 0. The van der Waals surface area contributed by atoms with Crippen LogP contribution in [-0.4, -0.2) is 97.1 Å². The van der Waals surface area contributed by atoms with Crippen LogP contribution in [0.3, 0.4) is 0 Å². The highest BCUT2D eigenvalue weighted by molar-refractivity contribution is 7.15. The molecule has 1 aromatic heterocycles. The highest BCUT2D eigenvalue weighted by Crippen LogP contribution is 2.22. The quantitative estimate of drug-likeness (QED) is 0.753. The Hall–Kier alpha value is -1.55. The molecule has 0 spiro atoms. The van der Waals surface area contributed by atoms with Gasteiger partial charge in [0, 0.05) is 44.1 Å². The molecule has 0 saturated carbocycles. The molecule has 3 heterocycles. The van der Waals surface area contributed by atoms with Crippen LogP contribution in [0.15, 0.2) is 0 Å². The Morgan fingerprint density at radius 3 is 2.30 bits per heavy atom. The normalized spacial score (nSPS) is 19.3. The van der Waals surface area contributed by atoms with Crippen LogP contribution in [-0.2, 0) is 20.7 Å². The van der Waals surface area contributed by atoms with E-state index in [9.17, 15) is 9.59 Å². The van der Waals surface area contributed by atoms with Crippen LogP contribution >= 0.6 is 11.3 Å². The molecule has 0 radical (unpaired) electrons. The smallest absolute Gasteiger partial charge is 0.240 e. The van der Waals surface area contributed by atoms with E-state index in [0.717, 1.165) is 43.2 Å². The van der Waals surface area contributed by atoms with Crippen molar-refractivity contribution in [2.24, 2.45) is 0 Å². The summed E-state index contributed by atoms with van der Waals surface area (Å²) in [5.74, 6) is 0.152. The van der Waals surface area contributed by atoms with Crippen LogP contribution in [0, 0.1) is 6.92 Å². The van der Waals surface area contributed by atoms with Crippen LogP contribution in [0.4, 0.5) is 5.13 Å². The molecule has 1 aromatic rings. The predicted molar refractivity (Wildman–Crippen MR) is 105 cm³/mol. The van der Waals surface area contributed by atoms with Gasteiger partial charge in [0.2, 0.25) is 11.8 Å². The summed E-state index contributed by atoms with van der Waals surface area (Å²) < 4.78 is 5.29. The predicted octanol–water partition coefficient (Wildman–Crippen LogP) is 0.429. The lowest BCUT2D eigenvalue weighted by molar-refractivity contribution is -0.137. The first-order valence-corrected chi connectivity index (χ1v) is 10.4. The van der Waals surface area contributed by atoms with Crippen molar-refractivity contribution in [1.29, 1.82) is 0 Å². The van der Waals surface area contributed by atoms with Crippen molar-refractivity contribution in [2.45, 2.75) is 20.3 Å². The molecule has 150 valence electrons.